The molecule has 0 aromatic carbocycles. The van der Waals surface area contributed by atoms with Crippen LogP contribution in [0.25, 0.3) is 0 Å². The molecule has 0 spiro atoms. The Morgan fingerprint density at radius 2 is 2.18 bits per heavy atom. The van der Waals surface area contributed by atoms with Gasteiger partial charge in [-0.15, -0.1) is 0 Å². The summed E-state index contributed by atoms with van der Waals surface area (Å²) in [4.78, 5) is 4.48. The molecule has 1 aliphatic carbocycles. The number of anilines is 1. The number of hydrogen-bond donors (Lipinski definition) is 1. The van der Waals surface area contributed by atoms with Crippen LogP contribution in [0.2, 0.25) is 0 Å². The maximum atomic E-state index is 4.48. The first-order valence-electron chi connectivity index (χ1n) is 6.38. The number of hydrogen-bond acceptors (Lipinski definition) is 2. The van der Waals surface area contributed by atoms with Gasteiger partial charge in [-0.3, -0.25) is 0 Å². The van der Waals surface area contributed by atoms with E-state index in [2.05, 4.69) is 53.1 Å². The molecule has 94 valence electrons. The Bertz CT molecular complexity index is 401. The maximum absolute atomic E-state index is 4.48. The van der Waals surface area contributed by atoms with Gasteiger partial charge in [0, 0.05) is 16.7 Å². The molecule has 1 heterocycles. The van der Waals surface area contributed by atoms with Crippen molar-refractivity contribution in [3.63, 3.8) is 0 Å². The molecular formula is C14H21BrN2. The number of rotatable bonds is 2. The van der Waals surface area contributed by atoms with E-state index in [-0.39, 0.29) is 0 Å². The zero-order chi connectivity index (χ0) is 12.5. The highest BCUT2D eigenvalue weighted by Gasteiger charge is 2.32. The van der Waals surface area contributed by atoms with E-state index in [1.165, 1.54) is 31.2 Å². The largest absolute Gasteiger partial charge is 0.367 e. The Morgan fingerprint density at radius 1 is 1.41 bits per heavy atom. The highest BCUT2D eigenvalue weighted by Crippen LogP contribution is 2.37. The first-order valence-corrected chi connectivity index (χ1v) is 7.17. The summed E-state index contributed by atoms with van der Waals surface area (Å²) >= 11 is 3.45. The first kappa shape index (κ1) is 12.9. The van der Waals surface area contributed by atoms with Crippen LogP contribution >= 0.6 is 15.9 Å². The van der Waals surface area contributed by atoms with Crippen LogP contribution < -0.4 is 5.32 Å². The zero-order valence-electron chi connectivity index (χ0n) is 10.9. The number of halogens is 1. The molecule has 2 nitrogen and oxygen atoms in total. The highest BCUT2D eigenvalue weighted by atomic mass is 79.9. The molecule has 1 atom stereocenters. The van der Waals surface area contributed by atoms with Gasteiger partial charge in [0.1, 0.15) is 5.82 Å². The minimum Gasteiger partial charge on any atom is -0.367 e. The van der Waals surface area contributed by atoms with Crippen LogP contribution in [0.3, 0.4) is 0 Å². The lowest BCUT2D eigenvalue weighted by atomic mass is 9.73. The lowest BCUT2D eigenvalue weighted by molar-refractivity contribution is 0.216. The van der Waals surface area contributed by atoms with E-state index < -0.39 is 0 Å². The lowest BCUT2D eigenvalue weighted by Gasteiger charge is -2.39. The van der Waals surface area contributed by atoms with Crippen LogP contribution in [0.15, 0.2) is 16.7 Å². The number of aromatic nitrogens is 1. The number of pyridine rings is 1. The quantitative estimate of drug-likeness (QED) is 0.867. The molecule has 0 aliphatic heterocycles. The molecule has 1 unspecified atom stereocenters. The number of nitrogens with one attached hydrogen (secondary N) is 1. The van der Waals surface area contributed by atoms with Crippen LogP contribution in [0.5, 0.6) is 0 Å². The second kappa shape index (κ2) is 4.97. The average molecular weight is 297 g/mol. The molecule has 0 amide bonds. The van der Waals surface area contributed by atoms with Crippen LogP contribution in [-0.4, -0.2) is 11.0 Å². The van der Waals surface area contributed by atoms with Gasteiger partial charge in [-0.1, -0.05) is 26.7 Å². The summed E-state index contributed by atoms with van der Waals surface area (Å²) in [6, 6.07) is 2.66. The minimum atomic E-state index is 0.374. The van der Waals surface area contributed by atoms with E-state index in [1.54, 1.807) is 0 Å². The molecule has 3 heteroatoms. The van der Waals surface area contributed by atoms with Crippen molar-refractivity contribution >= 4 is 21.7 Å². The molecule has 0 saturated heterocycles. The predicted octanol–water partition coefficient (Wildman–Crippen LogP) is 4.53. The third kappa shape index (κ3) is 3.01. The van der Waals surface area contributed by atoms with Crippen molar-refractivity contribution in [1.29, 1.82) is 0 Å². The molecule has 0 radical (unpaired) electrons. The molecular weight excluding hydrogens is 276 g/mol. The second-order valence-corrected chi connectivity index (χ2v) is 6.67. The summed E-state index contributed by atoms with van der Waals surface area (Å²) in [5.41, 5.74) is 1.58. The van der Waals surface area contributed by atoms with Crippen molar-refractivity contribution < 1.29 is 0 Å². The smallest absolute Gasteiger partial charge is 0.129 e. The Labute approximate surface area is 112 Å². The summed E-state index contributed by atoms with van der Waals surface area (Å²) in [7, 11) is 0. The van der Waals surface area contributed by atoms with E-state index >= 15 is 0 Å². The molecule has 1 fully saturated rings. The molecule has 2 rings (SSSR count). The SMILES string of the molecule is Cc1cc(Br)cnc1NC1CCCCC1(C)C. The van der Waals surface area contributed by atoms with Gasteiger partial charge >= 0.3 is 0 Å². The van der Waals surface area contributed by atoms with Crippen LogP contribution in [-0.2, 0) is 0 Å². The maximum Gasteiger partial charge on any atom is 0.129 e. The van der Waals surface area contributed by atoms with Crippen LogP contribution in [0.4, 0.5) is 5.82 Å². The topological polar surface area (TPSA) is 24.9 Å². The van der Waals surface area contributed by atoms with E-state index in [4.69, 9.17) is 0 Å². The molecule has 1 aromatic heterocycles. The summed E-state index contributed by atoms with van der Waals surface area (Å²) in [6.07, 6.45) is 7.12. The van der Waals surface area contributed by atoms with Crippen molar-refractivity contribution in [2.24, 2.45) is 5.41 Å². The molecule has 1 saturated carbocycles. The van der Waals surface area contributed by atoms with Crippen LogP contribution in [0.1, 0.15) is 45.1 Å². The Kier molecular flexibility index (Phi) is 3.76. The van der Waals surface area contributed by atoms with Gasteiger partial charge in [0.15, 0.2) is 0 Å². The van der Waals surface area contributed by atoms with Gasteiger partial charge in [0.25, 0.3) is 0 Å². The standard InChI is InChI=1S/C14H21BrN2/c1-10-8-11(15)9-16-13(10)17-12-6-4-5-7-14(12,2)3/h8-9,12H,4-7H2,1-3H3,(H,16,17). The van der Waals surface area contributed by atoms with Gasteiger partial charge < -0.3 is 5.32 Å². The Morgan fingerprint density at radius 3 is 2.82 bits per heavy atom. The number of aryl methyl sites for hydroxylation is 1. The summed E-state index contributed by atoms with van der Waals surface area (Å²) in [5.74, 6) is 1.04. The van der Waals surface area contributed by atoms with Gasteiger partial charge in [0.2, 0.25) is 0 Å². The normalized spacial score (nSPS) is 23.4. The summed E-state index contributed by atoms with van der Waals surface area (Å²) in [5, 5.41) is 3.63. The van der Waals surface area contributed by atoms with E-state index in [0.29, 0.717) is 11.5 Å². The number of nitrogens with zero attached hydrogens (tertiary/aromatic N) is 1. The lowest BCUT2D eigenvalue weighted by Crippen LogP contribution is -2.39. The molecule has 17 heavy (non-hydrogen) atoms. The second-order valence-electron chi connectivity index (χ2n) is 5.75. The van der Waals surface area contributed by atoms with Gasteiger partial charge in [-0.2, -0.15) is 0 Å². The fourth-order valence-electron chi connectivity index (χ4n) is 2.62. The van der Waals surface area contributed by atoms with E-state index in [1.807, 2.05) is 6.20 Å². The van der Waals surface area contributed by atoms with Crippen LogP contribution in [0, 0.1) is 12.3 Å². The van der Waals surface area contributed by atoms with Crippen molar-refractivity contribution in [2.75, 3.05) is 5.32 Å². The third-order valence-electron chi connectivity index (χ3n) is 3.86. The zero-order valence-corrected chi connectivity index (χ0v) is 12.5. The molecule has 1 N–H and O–H groups in total. The van der Waals surface area contributed by atoms with Gasteiger partial charge in [-0.25, -0.2) is 4.98 Å². The Hall–Kier alpha value is -0.570. The molecule has 1 aliphatic rings. The fraction of sp³-hybridized carbons (Fsp3) is 0.643. The van der Waals surface area contributed by atoms with E-state index in [0.717, 1.165) is 10.3 Å². The van der Waals surface area contributed by atoms with Crippen molar-refractivity contribution in [3.05, 3.63) is 22.3 Å². The van der Waals surface area contributed by atoms with Gasteiger partial charge in [-0.05, 0) is 52.7 Å². The van der Waals surface area contributed by atoms with E-state index in [9.17, 15) is 0 Å². The Balaban J connectivity index is 2.14. The van der Waals surface area contributed by atoms with Crippen molar-refractivity contribution in [3.8, 4) is 0 Å². The minimum absolute atomic E-state index is 0.374. The molecule has 1 aromatic rings. The van der Waals surface area contributed by atoms with Crippen molar-refractivity contribution in [2.45, 2.75) is 52.5 Å². The summed E-state index contributed by atoms with van der Waals surface area (Å²) in [6.45, 7) is 6.83. The predicted molar refractivity (Wildman–Crippen MR) is 76.3 cm³/mol. The first-order chi connectivity index (χ1) is 7.99. The fourth-order valence-corrected chi connectivity index (χ4v) is 3.06. The molecule has 0 bridgehead atoms. The van der Waals surface area contributed by atoms with Crippen molar-refractivity contribution in [1.82, 2.24) is 4.98 Å². The third-order valence-corrected chi connectivity index (χ3v) is 4.30. The highest BCUT2D eigenvalue weighted by molar-refractivity contribution is 9.10. The average Bonchev–Trinajstić information content (AvgIpc) is 2.24. The summed E-state index contributed by atoms with van der Waals surface area (Å²) < 4.78 is 1.04. The monoisotopic (exact) mass is 296 g/mol. The van der Waals surface area contributed by atoms with Gasteiger partial charge in [0.05, 0.1) is 0 Å².